The summed E-state index contributed by atoms with van der Waals surface area (Å²) in [5.41, 5.74) is 0. The van der Waals surface area contributed by atoms with Crippen molar-refractivity contribution < 1.29 is 9.53 Å². The molecular formula is C12H24O2. The lowest BCUT2D eigenvalue weighted by atomic mass is 9.98. The van der Waals surface area contributed by atoms with Crippen molar-refractivity contribution in [3.8, 4) is 0 Å². The third kappa shape index (κ3) is 8.09. The van der Waals surface area contributed by atoms with Gasteiger partial charge < -0.3 is 4.74 Å². The van der Waals surface area contributed by atoms with Crippen LogP contribution in [0.2, 0.25) is 0 Å². The molecular weight excluding hydrogens is 176 g/mol. The number of carbonyl (C=O) groups excluding carboxylic acids is 1. The Balaban J connectivity index is 3.33. The maximum atomic E-state index is 11.1. The van der Waals surface area contributed by atoms with Crippen LogP contribution >= 0.6 is 0 Å². The minimum Gasteiger partial charge on any atom is -0.466 e. The fraction of sp³-hybridized carbons (Fsp3) is 0.917. The zero-order valence-corrected chi connectivity index (χ0v) is 9.84. The average Bonchev–Trinajstić information content (AvgIpc) is 2.16. The molecule has 0 N–H and O–H groups in total. The second-order valence-corrected chi connectivity index (χ2v) is 3.94. The highest BCUT2D eigenvalue weighted by Crippen LogP contribution is 2.14. The van der Waals surface area contributed by atoms with Crippen LogP contribution in [0, 0.1) is 5.92 Å². The molecule has 84 valence electrons. The highest BCUT2D eigenvalue weighted by atomic mass is 16.5. The molecule has 0 aliphatic carbocycles. The van der Waals surface area contributed by atoms with Crippen LogP contribution in [-0.2, 0) is 9.53 Å². The summed E-state index contributed by atoms with van der Waals surface area (Å²) in [5.74, 6) is 0.612. The number of esters is 1. The van der Waals surface area contributed by atoms with Gasteiger partial charge in [-0.3, -0.25) is 4.79 Å². The van der Waals surface area contributed by atoms with Crippen LogP contribution in [0.5, 0.6) is 0 Å². The SMILES string of the molecule is CCCCC[C@@H](C)CCC(=O)OCC. The summed E-state index contributed by atoms with van der Waals surface area (Å²) in [4.78, 5) is 11.1. The standard InChI is InChI=1S/C12H24O2/c1-4-6-7-8-11(3)9-10-12(13)14-5-2/h11H,4-10H2,1-3H3/t11-/m1/s1. The van der Waals surface area contributed by atoms with Gasteiger partial charge in [0, 0.05) is 6.42 Å². The van der Waals surface area contributed by atoms with Crippen molar-refractivity contribution in [3.05, 3.63) is 0 Å². The van der Waals surface area contributed by atoms with Gasteiger partial charge in [0.1, 0.15) is 0 Å². The highest BCUT2D eigenvalue weighted by molar-refractivity contribution is 5.69. The van der Waals surface area contributed by atoms with Gasteiger partial charge in [0.25, 0.3) is 0 Å². The van der Waals surface area contributed by atoms with Gasteiger partial charge in [-0.15, -0.1) is 0 Å². The summed E-state index contributed by atoms with van der Waals surface area (Å²) in [6.45, 7) is 6.78. The maximum Gasteiger partial charge on any atom is 0.305 e. The number of hydrogen-bond acceptors (Lipinski definition) is 2. The van der Waals surface area contributed by atoms with Crippen LogP contribution < -0.4 is 0 Å². The van der Waals surface area contributed by atoms with Gasteiger partial charge in [0.05, 0.1) is 6.61 Å². The first-order valence-electron chi connectivity index (χ1n) is 5.86. The second kappa shape index (κ2) is 9.04. The van der Waals surface area contributed by atoms with E-state index in [4.69, 9.17) is 4.74 Å². The first-order chi connectivity index (χ1) is 6.70. The molecule has 0 aliphatic rings. The Labute approximate surface area is 88.0 Å². The van der Waals surface area contributed by atoms with Crippen molar-refractivity contribution in [2.75, 3.05) is 6.61 Å². The summed E-state index contributed by atoms with van der Waals surface area (Å²) in [7, 11) is 0. The van der Waals surface area contributed by atoms with E-state index < -0.39 is 0 Å². The van der Waals surface area contributed by atoms with E-state index in [1.54, 1.807) is 0 Å². The summed E-state index contributed by atoms with van der Waals surface area (Å²) < 4.78 is 4.88. The maximum absolute atomic E-state index is 11.1. The summed E-state index contributed by atoms with van der Waals surface area (Å²) in [6, 6.07) is 0. The lowest BCUT2D eigenvalue weighted by molar-refractivity contribution is -0.143. The zero-order chi connectivity index (χ0) is 10.8. The van der Waals surface area contributed by atoms with E-state index in [1.807, 2.05) is 6.92 Å². The van der Waals surface area contributed by atoms with E-state index in [9.17, 15) is 4.79 Å². The van der Waals surface area contributed by atoms with Crippen molar-refractivity contribution in [2.45, 2.75) is 59.3 Å². The highest BCUT2D eigenvalue weighted by Gasteiger charge is 2.06. The molecule has 2 heteroatoms. The third-order valence-corrected chi connectivity index (χ3v) is 2.45. The summed E-state index contributed by atoms with van der Waals surface area (Å²) >= 11 is 0. The van der Waals surface area contributed by atoms with Gasteiger partial charge in [-0.05, 0) is 19.3 Å². The first-order valence-corrected chi connectivity index (χ1v) is 5.86. The number of unbranched alkanes of at least 4 members (excludes halogenated alkanes) is 2. The molecule has 0 aromatic heterocycles. The van der Waals surface area contributed by atoms with Gasteiger partial charge in [0.15, 0.2) is 0 Å². The molecule has 0 bridgehead atoms. The predicted octanol–water partition coefficient (Wildman–Crippen LogP) is 3.55. The molecule has 0 aliphatic heterocycles. The molecule has 0 spiro atoms. The van der Waals surface area contributed by atoms with Crippen molar-refractivity contribution in [2.24, 2.45) is 5.92 Å². The normalized spacial score (nSPS) is 12.5. The lowest BCUT2D eigenvalue weighted by Crippen LogP contribution is -2.06. The molecule has 0 rings (SSSR count). The van der Waals surface area contributed by atoms with Crippen molar-refractivity contribution in [1.82, 2.24) is 0 Å². The van der Waals surface area contributed by atoms with Gasteiger partial charge in [0.2, 0.25) is 0 Å². The van der Waals surface area contributed by atoms with E-state index in [0.717, 1.165) is 6.42 Å². The topological polar surface area (TPSA) is 26.3 Å². The minimum absolute atomic E-state index is 0.0464. The fourth-order valence-electron chi connectivity index (χ4n) is 1.48. The molecule has 14 heavy (non-hydrogen) atoms. The van der Waals surface area contributed by atoms with E-state index in [2.05, 4.69) is 13.8 Å². The van der Waals surface area contributed by atoms with Gasteiger partial charge in [-0.1, -0.05) is 39.5 Å². The number of ether oxygens (including phenoxy) is 1. The minimum atomic E-state index is -0.0464. The first kappa shape index (κ1) is 13.5. The molecule has 1 atom stereocenters. The van der Waals surface area contributed by atoms with E-state index in [-0.39, 0.29) is 5.97 Å². The Kier molecular flexibility index (Phi) is 8.70. The fourth-order valence-corrected chi connectivity index (χ4v) is 1.48. The largest absolute Gasteiger partial charge is 0.466 e. The molecule has 0 saturated carbocycles. The molecule has 0 aromatic carbocycles. The lowest BCUT2D eigenvalue weighted by Gasteiger charge is -2.09. The summed E-state index contributed by atoms with van der Waals surface area (Å²) in [5, 5.41) is 0. The Morgan fingerprint density at radius 3 is 2.50 bits per heavy atom. The van der Waals surface area contributed by atoms with Gasteiger partial charge in [-0.2, -0.15) is 0 Å². The third-order valence-electron chi connectivity index (χ3n) is 2.45. The van der Waals surface area contributed by atoms with Crippen molar-refractivity contribution >= 4 is 5.97 Å². The van der Waals surface area contributed by atoms with Crippen LogP contribution in [0.1, 0.15) is 59.3 Å². The Morgan fingerprint density at radius 1 is 1.21 bits per heavy atom. The van der Waals surface area contributed by atoms with Crippen LogP contribution in [0.3, 0.4) is 0 Å². The average molecular weight is 200 g/mol. The molecule has 0 fully saturated rings. The van der Waals surface area contributed by atoms with E-state index in [0.29, 0.717) is 18.9 Å². The number of carbonyl (C=O) groups is 1. The molecule has 0 radical (unpaired) electrons. The molecule has 0 unspecified atom stereocenters. The van der Waals surface area contributed by atoms with E-state index in [1.165, 1.54) is 25.7 Å². The molecule has 0 heterocycles. The zero-order valence-electron chi connectivity index (χ0n) is 9.84. The Hall–Kier alpha value is -0.530. The van der Waals surface area contributed by atoms with Crippen LogP contribution in [0.15, 0.2) is 0 Å². The summed E-state index contributed by atoms with van der Waals surface area (Å²) in [6.07, 6.45) is 6.67. The van der Waals surface area contributed by atoms with Crippen molar-refractivity contribution in [3.63, 3.8) is 0 Å². The van der Waals surface area contributed by atoms with E-state index >= 15 is 0 Å². The molecule has 0 aromatic rings. The van der Waals surface area contributed by atoms with Crippen LogP contribution in [-0.4, -0.2) is 12.6 Å². The van der Waals surface area contributed by atoms with Crippen LogP contribution in [0.4, 0.5) is 0 Å². The second-order valence-electron chi connectivity index (χ2n) is 3.94. The smallest absolute Gasteiger partial charge is 0.305 e. The predicted molar refractivity (Wildman–Crippen MR) is 59.2 cm³/mol. The number of hydrogen-bond donors (Lipinski definition) is 0. The molecule has 0 saturated heterocycles. The van der Waals surface area contributed by atoms with Gasteiger partial charge >= 0.3 is 5.97 Å². The quantitative estimate of drug-likeness (QED) is 0.442. The van der Waals surface area contributed by atoms with Crippen LogP contribution in [0.25, 0.3) is 0 Å². The monoisotopic (exact) mass is 200 g/mol. The Bertz CT molecular complexity index is 143. The van der Waals surface area contributed by atoms with Crippen molar-refractivity contribution in [1.29, 1.82) is 0 Å². The van der Waals surface area contributed by atoms with Gasteiger partial charge in [-0.25, -0.2) is 0 Å². The molecule has 0 amide bonds. The molecule has 2 nitrogen and oxygen atoms in total. The number of rotatable bonds is 8. The Morgan fingerprint density at radius 2 is 1.93 bits per heavy atom.